The van der Waals surface area contributed by atoms with E-state index in [0.717, 1.165) is 18.4 Å². The summed E-state index contributed by atoms with van der Waals surface area (Å²) in [6.45, 7) is 6.84. The minimum atomic E-state index is -0.259. The van der Waals surface area contributed by atoms with E-state index in [2.05, 4.69) is 19.9 Å². The Hall–Kier alpha value is -1.51. The van der Waals surface area contributed by atoms with Crippen molar-refractivity contribution < 1.29 is 4.42 Å². The van der Waals surface area contributed by atoms with Crippen LogP contribution in [0, 0.1) is 6.92 Å². The van der Waals surface area contributed by atoms with Crippen molar-refractivity contribution in [3.8, 4) is 0 Å². The van der Waals surface area contributed by atoms with E-state index in [-0.39, 0.29) is 5.76 Å². The smallest absolute Gasteiger partial charge is 0.408 e. The molecule has 0 aliphatic heterocycles. The minimum Gasteiger partial charge on any atom is -0.408 e. The topological polar surface area (TPSA) is 35.1 Å². The maximum Gasteiger partial charge on any atom is 0.419 e. The predicted octanol–water partition coefficient (Wildman–Crippen LogP) is 2.88. The molecule has 1 aromatic carbocycles. The van der Waals surface area contributed by atoms with E-state index < -0.39 is 0 Å². The van der Waals surface area contributed by atoms with E-state index in [1.165, 1.54) is 11.1 Å². The molecule has 3 nitrogen and oxygen atoms in total. The van der Waals surface area contributed by atoms with E-state index in [1.807, 2.05) is 13.0 Å². The highest BCUT2D eigenvalue weighted by Crippen LogP contribution is 2.20. The third-order valence-corrected chi connectivity index (χ3v) is 2.96. The average Bonchev–Trinajstić information content (AvgIpc) is 2.54. The molecule has 2 rings (SSSR count). The summed E-state index contributed by atoms with van der Waals surface area (Å²) in [5.74, 6) is -0.259. The minimum absolute atomic E-state index is 0.259. The lowest BCUT2D eigenvalue weighted by Crippen LogP contribution is -2.12. The van der Waals surface area contributed by atoms with Crippen LogP contribution in [-0.4, -0.2) is 4.57 Å². The Morgan fingerprint density at radius 2 is 2.06 bits per heavy atom. The molecule has 0 N–H and O–H groups in total. The van der Waals surface area contributed by atoms with Crippen LogP contribution in [0.3, 0.4) is 0 Å². The fourth-order valence-corrected chi connectivity index (χ4v) is 2.09. The highest BCUT2D eigenvalue weighted by atomic mass is 16.4. The molecule has 0 fully saturated rings. The van der Waals surface area contributed by atoms with Crippen molar-refractivity contribution in [2.75, 3.05) is 0 Å². The molecule has 0 saturated heterocycles. The number of nitrogens with zero attached hydrogens (tertiary/aromatic N) is 1. The summed E-state index contributed by atoms with van der Waals surface area (Å²) in [5, 5.41) is 0. The van der Waals surface area contributed by atoms with Gasteiger partial charge >= 0.3 is 5.76 Å². The van der Waals surface area contributed by atoms with Crippen molar-refractivity contribution >= 4 is 11.1 Å². The van der Waals surface area contributed by atoms with Crippen molar-refractivity contribution in [2.24, 2.45) is 0 Å². The summed E-state index contributed by atoms with van der Waals surface area (Å²) in [5.41, 5.74) is 4.12. The highest BCUT2D eigenvalue weighted by Gasteiger charge is 2.10. The lowest BCUT2D eigenvalue weighted by atomic mass is 10.0. The first-order chi connectivity index (χ1) is 7.67. The van der Waals surface area contributed by atoms with Gasteiger partial charge in [0.25, 0.3) is 0 Å². The lowest BCUT2D eigenvalue weighted by Gasteiger charge is -2.04. The van der Waals surface area contributed by atoms with Gasteiger partial charge < -0.3 is 4.42 Å². The monoisotopic (exact) mass is 219 g/mol. The number of aromatic nitrogens is 1. The van der Waals surface area contributed by atoms with Gasteiger partial charge in [0, 0.05) is 6.54 Å². The molecule has 0 radical (unpaired) electrons. The van der Waals surface area contributed by atoms with E-state index in [1.54, 1.807) is 4.57 Å². The second-order valence-electron chi connectivity index (χ2n) is 4.11. The maximum atomic E-state index is 11.5. The zero-order valence-corrected chi connectivity index (χ0v) is 10.0. The molecule has 0 spiro atoms. The second-order valence-corrected chi connectivity index (χ2v) is 4.11. The molecule has 0 unspecified atom stereocenters. The van der Waals surface area contributed by atoms with Gasteiger partial charge in [-0.05, 0) is 43.5 Å². The summed E-state index contributed by atoms with van der Waals surface area (Å²) < 4.78 is 6.90. The van der Waals surface area contributed by atoms with Gasteiger partial charge in [0.1, 0.15) is 0 Å². The normalized spacial score (nSPS) is 11.2. The molecule has 0 saturated carbocycles. The van der Waals surface area contributed by atoms with Crippen LogP contribution >= 0.6 is 0 Å². The average molecular weight is 219 g/mol. The summed E-state index contributed by atoms with van der Waals surface area (Å²) in [6.07, 6.45) is 2.13. The van der Waals surface area contributed by atoms with Crippen LogP contribution in [0.5, 0.6) is 0 Å². The Balaban J connectivity index is 2.68. The Morgan fingerprint density at radius 1 is 1.31 bits per heavy atom. The molecule has 0 aliphatic carbocycles. The molecule has 1 aromatic heterocycles. The molecular weight excluding hydrogens is 202 g/mol. The molecular formula is C13H17NO2. The van der Waals surface area contributed by atoms with Crippen molar-refractivity contribution in [2.45, 2.75) is 40.2 Å². The summed E-state index contributed by atoms with van der Waals surface area (Å²) >= 11 is 0. The third kappa shape index (κ3) is 1.66. The maximum absolute atomic E-state index is 11.5. The molecule has 2 aromatic rings. The third-order valence-electron chi connectivity index (χ3n) is 2.96. The lowest BCUT2D eigenvalue weighted by molar-refractivity contribution is 0.513. The second kappa shape index (κ2) is 4.16. The zero-order chi connectivity index (χ0) is 11.7. The van der Waals surface area contributed by atoms with Crippen molar-refractivity contribution in [1.82, 2.24) is 4.57 Å². The SMILES string of the molecule is CCCc1cc2oc(=O)n(CC)c2cc1C. The van der Waals surface area contributed by atoms with Crippen LogP contribution in [-0.2, 0) is 13.0 Å². The molecule has 0 aliphatic rings. The van der Waals surface area contributed by atoms with Crippen LogP contribution in [0.4, 0.5) is 0 Å². The number of fused-ring (bicyclic) bond motifs is 1. The first-order valence-corrected chi connectivity index (χ1v) is 5.80. The number of benzene rings is 1. The van der Waals surface area contributed by atoms with Gasteiger partial charge in [0.15, 0.2) is 5.58 Å². The molecule has 3 heteroatoms. The van der Waals surface area contributed by atoms with E-state index in [0.29, 0.717) is 12.1 Å². The fraction of sp³-hybridized carbons (Fsp3) is 0.462. The molecule has 86 valence electrons. The highest BCUT2D eigenvalue weighted by molar-refractivity contribution is 5.75. The molecule has 16 heavy (non-hydrogen) atoms. The fourth-order valence-electron chi connectivity index (χ4n) is 2.09. The number of oxazole rings is 1. The predicted molar refractivity (Wildman–Crippen MR) is 64.9 cm³/mol. The van der Waals surface area contributed by atoms with Crippen LogP contribution in [0.15, 0.2) is 21.3 Å². The van der Waals surface area contributed by atoms with Crippen molar-refractivity contribution in [1.29, 1.82) is 0 Å². The Kier molecular flexibility index (Phi) is 2.86. The Labute approximate surface area is 94.7 Å². The van der Waals surface area contributed by atoms with Gasteiger partial charge in [-0.3, -0.25) is 4.57 Å². The van der Waals surface area contributed by atoms with Gasteiger partial charge in [-0.2, -0.15) is 0 Å². The van der Waals surface area contributed by atoms with Crippen LogP contribution in [0.1, 0.15) is 31.4 Å². The van der Waals surface area contributed by atoms with E-state index in [9.17, 15) is 4.79 Å². The summed E-state index contributed by atoms with van der Waals surface area (Å²) in [4.78, 5) is 11.5. The largest absolute Gasteiger partial charge is 0.419 e. The van der Waals surface area contributed by atoms with Crippen molar-refractivity contribution in [3.63, 3.8) is 0 Å². The number of rotatable bonds is 3. The standard InChI is InChI=1S/C13H17NO2/c1-4-6-10-8-12-11(7-9(10)3)14(5-2)13(15)16-12/h7-8H,4-6H2,1-3H3. The van der Waals surface area contributed by atoms with Gasteiger partial charge in [-0.15, -0.1) is 0 Å². The van der Waals surface area contributed by atoms with Gasteiger partial charge in [-0.1, -0.05) is 13.3 Å². The first-order valence-electron chi connectivity index (χ1n) is 5.80. The number of aryl methyl sites for hydroxylation is 3. The number of hydrogen-bond donors (Lipinski definition) is 0. The summed E-state index contributed by atoms with van der Waals surface area (Å²) in [7, 11) is 0. The van der Waals surface area contributed by atoms with Crippen LogP contribution < -0.4 is 5.76 Å². The van der Waals surface area contributed by atoms with Crippen LogP contribution in [0.25, 0.3) is 11.1 Å². The summed E-state index contributed by atoms with van der Waals surface area (Å²) in [6, 6.07) is 4.05. The molecule has 0 bridgehead atoms. The van der Waals surface area contributed by atoms with Crippen molar-refractivity contribution in [3.05, 3.63) is 33.8 Å². The van der Waals surface area contributed by atoms with Gasteiger partial charge in [0.2, 0.25) is 0 Å². The van der Waals surface area contributed by atoms with Crippen LogP contribution in [0.2, 0.25) is 0 Å². The van der Waals surface area contributed by atoms with E-state index >= 15 is 0 Å². The zero-order valence-electron chi connectivity index (χ0n) is 10.0. The Bertz CT molecular complexity index is 563. The van der Waals surface area contributed by atoms with Gasteiger partial charge in [0.05, 0.1) is 5.52 Å². The van der Waals surface area contributed by atoms with Gasteiger partial charge in [-0.25, -0.2) is 4.79 Å². The molecule has 0 amide bonds. The first kappa shape index (κ1) is 11.0. The molecule has 0 atom stereocenters. The quantitative estimate of drug-likeness (QED) is 0.795. The van der Waals surface area contributed by atoms with E-state index in [4.69, 9.17) is 4.42 Å². The molecule has 1 heterocycles. The Morgan fingerprint density at radius 3 is 2.69 bits per heavy atom. The number of hydrogen-bond acceptors (Lipinski definition) is 2.